The molecule has 0 aromatic carbocycles. The van der Waals surface area contributed by atoms with Gasteiger partial charge in [0, 0.05) is 0 Å². The van der Waals surface area contributed by atoms with E-state index in [9.17, 15) is 0 Å². The fourth-order valence-electron chi connectivity index (χ4n) is 0. The molecule has 1 nitrogen and oxygen atoms in total. The van der Waals surface area contributed by atoms with Crippen molar-refractivity contribution in [2.24, 2.45) is 0 Å². The van der Waals surface area contributed by atoms with Crippen molar-refractivity contribution in [2.45, 2.75) is 0 Å². The first-order valence-electron chi connectivity index (χ1n) is 0.651. The van der Waals surface area contributed by atoms with Crippen molar-refractivity contribution in [1.82, 2.24) is 0 Å². The van der Waals surface area contributed by atoms with Crippen molar-refractivity contribution in [3.05, 3.63) is 0 Å². The van der Waals surface area contributed by atoms with Crippen molar-refractivity contribution >= 4 is 36.2 Å². The van der Waals surface area contributed by atoms with Crippen LogP contribution in [-0.2, 0) is 0 Å². The van der Waals surface area contributed by atoms with Gasteiger partial charge in [0.05, 0.1) is 0 Å². The van der Waals surface area contributed by atoms with Gasteiger partial charge in [0.15, 0.2) is 0 Å². The monoisotopic (exact) mass is 204 g/mol. The average molecular weight is 205 g/mol. The van der Waals surface area contributed by atoms with Gasteiger partial charge in [-0.1, -0.05) is 0 Å². The minimum absolute atomic E-state index is 2.27. The molecular formula is H3OS2Sb. The van der Waals surface area contributed by atoms with E-state index < -0.39 is 17.3 Å². The Balaban J connectivity index is 2.80. The zero-order valence-electron chi connectivity index (χ0n) is 1.80. The summed E-state index contributed by atoms with van der Waals surface area (Å²) in [6.45, 7) is 0. The van der Waals surface area contributed by atoms with E-state index in [2.05, 4.69) is 18.9 Å². The van der Waals surface area contributed by atoms with Crippen LogP contribution >= 0.6 is 18.9 Å². The Bertz CT molecular complexity index is 29.0. The number of hydrogen-bond donors (Lipinski definition) is 2. The van der Waals surface area contributed by atoms with Crippen LogP contribution in [0, 0.1) is 0 Å². The molecule has 0 fully saturated rings. The van der Waals surface area contributed by atoms with Gasteiger partial charge in [0.25, 0.3) is 0 Å². The van der Waals surface area contributed by atoms with Crippen LogP contribution in [0.3, 0.4) is 0 Å². The molecule has 0 amide bonds. The number of rotatable bonds is 0. The summed E-state index contributed by atoms with van der Waals surface area (Å²) in [4.78, 5) is 0. The van der Waals surface area contributed by atoms with Gasteiger partial charge in [-0.3, -0.25) is 0 Å². The molecule has 26 valence electrons. The van der Waals surface area contributed by atoms with Crippen molar-refractivity contribution < 1.29 is 3.39 Å². The van der Waals surface area contributed by atoms with Gasteiger partial charge < -0.3 is 0 Å². The van der Waals surface area contributed by atoms with Crippen molar-refractivity contribution in [1.29, 1.82) is 0 Å². The van der Waals surface area contributed by atoms with Crippen LogP contribution in [0.5, 0.6) is 0 Å². The molecule has 4 heavy (non-hydrogen) atoms. The van der Waals surface area contributed by atoms with Gasteiger partial charge >= 0.3 is 39.6 Å². The SMILES string of the molecule is [OH][SbH](=[S])[SH]. The second kappa shape index (κ2) is 2.58. The Morgan fingerprint density at radius 3 is 2.00 bits per heavy atom. The van der Waals surface area contributed by atoms with E-state index in [4.69, 9.17) is 3.39 Å². The third-order valence-corrected chi connectivity index (χ3v) is 0. The Hall–Kier alpha value is 1.35. The summed E-state index contributed by atoms with van der Waals surface area (Å²) in [5.74, 6) is 0. The summed E-state index contributed by atoms with van der Waals surface area (Å²) in [5, 5.41) is 0. The summed E-state index contributed by atoms with van der Waals surface area (Å²) in [5.41, 5.74) is 0. The van der Waals surface area contributed by atoms with Crippen molar-refractivity contribution in [3.8, 4) is 0 Å². The quantitative estimate of drug-likeness (QED) is 0.422. The van der Waals surface area contributed by atoms with Crippen LogP contribution < -0.4 is 0 Å². The van der Waals surface area contributed by atoms with E-state index in [0.29, 0.717) is 0 Å². The standard InChI is InChI=1S/H2O.H2S.S.Sb.H/h2*1H2;;;/q;;;+2;/p-2. The van der Waals surface area contributed by atoms with Crippen LogP contribution in [0.25, 0.3) is 0 Å². The Morgan fingerprint density at radius 1 is 2.00 bits per heavy atom. The molecule has 0 saturated carbocycles. The first-order valence-corrected chi connectivity index (χ1v) is 10.1. The molecule has 0 heterocycles. The normalized spacial score (nSPS) is 15.5. The molecule has 0 aliphatic heterocycles. The van der Waals surface area contributed by atoms with E-state index in [-0.39, 0.29) is 0 Å². The van der Waals surface area contributed by atoms with Gasteiger partial charge in [-0.15, -0.1) is 0 Å². The van der Waals surface area contributed by atoms with Crippen LogP contribution in [0.2, 0.25) is 0 Å². The third-order valence-electron chi connectivity index (χ3n) is 0. The second-order valence-corrected chi connectivity index (χ2v) is 9.36. The van der Waals surface area contributed by atoms with E-state index in [1.807, 2.05) is 0 Å². The molecule has 0 aliphatic rings. The predicted molar refractivity (Wildman–Crippen MR) is 25.9 cm³/mol. The molecule has 0 radical (unpaired) electrons. The van der Waals surface area contributed by atoms with Gasteiger partial charge in [0.2, 0.25) is 0 Å². The molecule has 0 aliphatic carbocycles. The predicted octanol–water partition coefficient (Wildman–Crippen LogP) is -0.177. The molecule has 0 aromatic heterocycles. The molecule has 0 saturated heterocycles. The molecule has 1 N–H and O–H groups in total. The zero-order valence-corrected chi connectivity index (χ0v) is 6.37. The first kappa shape index (κ1) is 5.35. The topological polar surface area (TPSA) is 20.2 Å². The van der Waals surface area contributed by atoms with E-state index in [1.54, 1.807) is 0 Å². The Labute approximate surface area is 39.5 Å². The van der Waals surface area contributed by atoms with Crippen molar-refractivity contribution in [3.63, 3.8) is 0 Å². The molecule has 1 atom stereocenters. The fourth-order valence-corrected chi connectivity index (χ4v) is 0. The maximum atomic E-state index is 7.93. The average Bonchev–Trinajstić information content (AvgIpc) is 0.811. The van der Waals surface area contributed by atoms with Crippen LogP contribution in [0.15, 0.2) is 0 Å². The summed E-state index contributed by atoms with van der Waals surface area (Å²) in [7, 11) is 7.77. The van der Waals surface area contributed by atoms with Gasteiger partial charge in [-0.25, -0.2) is 0 Å². The fraction of sp³-hybridized carbons (Fsp3) is 0. The molecule has 0 aromatic rings. The third kappa shape index (κ3) is 10.2. The summed E-state index contributed by atoms with van der Waals surface area (Å²) in [6, 6.07) is 0. The van der Waals surface area contributed by atoms with Crippen LogP contribution in [0.4, 0.5) is 0 Å². The second-order valence-electron chi connectivity index (χ2n) is 0.283. The molecule has 0 spiro atoms. The molecule has 1 unspecified atom stereocenters. The number of hydrogen-bond acceptors (Lipinski definition) is 1. The maximum absolute atomic E-state index is 7.93. The Kier molecular flexibility index (Phi) is 3.45. The van der Waals surface area contributed by atoms with Gasteiger partial charge in [-0.2, -0.15) is 0 Å². The van der Waals surface area contributed by atoms with Gasteiger partial charge in [-0.05, 0) is 0 Å². The summed E-state index contributed by atoms with van der Waals surface area (Å²) >= 11 is -2.27. The van der Waals surface area contributed by atoms with Crippen LogP contribution in [-0.4, -0.2) is 20.6 Å². The van der Waals surface area contributed by atoms with Crippen LogP contribution in [0.1, 0.15) is 0 Å². The molecule has 0 bridgehead atoms. The van der Waals surface area contributed by atoms with E-state index in [1.165, 1.54) is 0 Å². The molecule has 4 heteroatoms. The van der Waals surface area contributed by atoms with E-state index >= 15 is 0 Å². The number of thiol groups is 1. The first-order chi connectivity index (χ1) is 1.73. The van der Waals surface area contributed by atoms with Gasteiger partial charge in [0.1, 0.15) is 0 Å². The summed E-state index contributed by atoms with van der Waals surface area (Å²) in [6.07, 6.45) is 0. The molecular weight excluding hydrogens is 202 g/mol. The minimum atomic E-state index is -2.27. The Morgan fingerprint density at radius 2 is 2.00 bits per heavy atom. The molecule has 0 rings (SSSR count). The summed E-state index contributed by atoms with van der Waals surface area (Å²) < 4.78 is 7.93. The zero-order chi connectivity index (χ0) is 3.58. The van der Waals surface area contributed by atoms with Crippen molar-refractivity contribution in [2.75, 3.05) is 0 Å². The van der Waals surface area contributed by atoms with E-state index in [0.717, 1.165) is 0 Å².